The Morgan fingerprint density at radius 1 is 1.59 bits per heavy atom. The van der Waals surface area contributed by atoms with Crippen molar-refractivity contribution in [1.29, 1.82) is 0 Å². The number of hydrogen-bond acceptors (Lipinski definition) is 6. The van der Waals surface area contributed by atoms with E-state index in [1.165, 1.54) is 6.92 Å². The zero-order valence-corrected chi connectivity index (χ0v) is 12.0. The van der Waals surface area contributed by atoms with E-state index in [9.17, 15) is 20.1 Å². The van der Waals surface area contributed by atoms with E-state index in [1.807, 2.05) is 0 Å². The molecule has 8 heteroatoms. The molecule has 0 bridgehead atoms. The fourth-order valence-electron chi connectivity index (χ4n) is 3.30. The molecule has 0 amide bonds. The topological polar surface area (TPSA) is 137 Å². The summed E-state index contributed by atoms with van der Waals surface area (Å²) in [5.74, 6) is -0.697. The molecule has 0 spiro atoms. The van der Waals surface area contributed by atoms with Gasteiger partial charge in [-0.2, -0.15) is 4.98 Å². The molecule has 4 atom stereocenters. The molecule has 2 aromatic heterocycles. The van der Waals surface area contributed by atoms with Gasteiger partial charge in [-0.05, 0) is 18.6 Å². The van der Waals surface area contributed by atoms with Gasteiger partial charge in [-0.25, -0.2) is 0 Å². The zero-order valence-electron chi connectivity index (χ0n) is 12.0. The average Bonchev–Trinajstić information content (AvgIpc) is 2.89. The number of aliphatic hydroxyl groups is 3. The number of fused-ring (bicyclic) bond motifs is 1. The summed E-state index contributed by atoms with van der Waals surface area (Å²) in [6.07, 6.45) is 0.412. The third kappa shape index (κ3) is 1.81. The van der Waals surface area contributed by atoms with Gasteiger partial charge in [0.25, 0.3) is 5.56 Å². The fourth-order valence-corrected chi connectivity index (χ4v) is 3.30. The lowest BCUT2D eigenvalue weighted by molar-refractivity contribution is -0.0775. The predicted molar refractivity (Wildman–Crippen MR) is 80.1 cm³/mol. The summed E-state index contributed by atoms with van der Waals surface area (Å²) >= 11 is 0. The van der Waals surface area contributed by atoms with E-state index in [-0.39, 0.29) is 18.1 Å². The lowest BCUT2D eigenvalue weighted by Gasteiger charge is -2.30. The largest absolute Gasteiger partial charge is 0.396 e. The summed E-state index contributed by atoms with van der Waals surface area (Å²) in [5.41, 5.74) is 4.40. The van der Waals surface area contributed by atoms with Crippen LogP contribution in [0.1, 0.15) is 13.0 Å². The van der Waals surface area contributed by atoms with Gasteiger partial charge in [0.05, 0.1) is 24.1 Å². The first-order valence-corrected chi connectivity index (χ1v) is 6.85. The van der Waals surface area contributed by atoms with Crippen LogP contribution < -0.4 is 11.3 Å². The maximum absolute atomic E-state index is 11.9. The molecule has 1 saturated carbocycles. The summed E-state index contributed by atoms with van der Waals surface area (Å²) in [4.78, 5) is 18.4. The molecule has 118 valence electrons. The number of H-pyrrole nitrogens is 1. The first-order chi connectivity index (χ1) is 10.3. The maximum Gasteiger partial charge on any atom is 0.261 e. The van der Waals surface area contributed by atoms with Crippen molar-refractivity contribution < 1.29 is 15.3 Å². The van der Waals surface area contributed by atoms with Crippen molar-refractivity contribution in [1.82, 2.24) is 14.5 Å². The summed E-state index contributed by atoms with van der Waals surface area (Å²) < 4.78 is 1.56. The number of nitrogen functional groups attached to an aromatic ring is 1. The SMILES string of the molecule is C=C1C(CO)C(O)C(C)(O)C1n1ccc2c(=O)[nH]c(N)nc21. The molecule has 1 aliphatic carbocycles. The quantitative estimate of drug-likeness (QED) is 0.458. The van der Waals surface area contributed by atoms with Crippen LogP contribution in [-0.4, -0.2) is 48.2 Å². The molecular weight excluding hydrogens is 288 g/mol. The molecule has 2 aromatic rings. The van der Waals surface area contributed by atoms with Gasteiger partial charge >= 0.3 is 0 Å². The highest BCUT2D eigenvalue weighted by atomic mass is 16.3. The monoisotopic (exact) mass is 306 g/mol. The molecule has 2 heterocycles. The molecule has 22 heavy (non-hydrogen) atoms. The molecule has 1 aliphatic rings. The van der Waals surface area contributed by atoms with E-state index in [0.29, 0.717) is 16.6 Å². The lowest BCUT2D eigenvalue weighted by Crippen LogP contribution is -2.42. The van der Waals surface area contributed by atoms with E-state index in [2.05, 4.69) is 16.5 Å². The van der Waals surface area contributed by atoms with Crippen molar-refractivity contribution in [3.05, 3.63) is 34.8 Å². The van der Waals surface area contributed by atoms with Crippen LogP contribution in [0.5, 0.6) is 0 Å². The number of aromatic nitrogens is 3. The first kappa shape index (κ1) is 14.8. The van der Waals surface area contributed by atoms with E-state index >= 15 is 0 Å². The normalized spacial score (nSPS) is 32.0. The Morgan fingerprint density at radius 3 is 2.86 bits per heavy atom. The van der Waals surface area contributed by atoms with E-state index in [0.717, 1.165) is 0 Å². The lowest BCUT2D eigenvalue weighted by atomic mass is 9.96. The number of nitrogens with two attached hydrogens (primary N) is 1. The summed E-state index contributed by atoms with van der Waals surface area (Å²) in [6.45, 7) is 5.03. The van der Waals surface area contributed by atoms with Crippen molar-refractivity contribution in [2.75, 3.05) is 12.3 Å². The number of hydrogen-bond donors (Lipinski definition) is 5. The van der Waals surface area contributed by atoms with Crippen molar-refractivity contribution in [2.45, 2.75) is 24.7 Å². The van der Waals surface area contributed by atoms with Crippen LogP contribution in [0, 0.1) is 5.92 Å². The number of anilines is 1. The van der Waals surface area contributed by atoms with Gasteiger partial charge < -0.3 is 25.6 Å². The van der Waals surface area contributed by atoms with Gasteiger partial charge in [0.2, 0.25) is 5.95 Å². The second kappa shape index (κ2) is 4.67. The number of rotatable bonds is 2. The van der Waals surface area contributed by atoms with E-state index < -0.39 is 23.7 Å². The molecule has 0 radical (unpaired) electrons. The number of nitrogens with one attached hydrogen (secondary N) is 1. The Bertz CT molecular complexity index is 807. The fraction of sp³-hybridized carbons (Fsp3) is 0.429. The van der Waals surface area contributed by atoms with Gasteiger partial charge in [0, 0.05) is 12.1 Å². The number of nitrogens with zero attached hydrogens (tertiary/aromatic N) is 2. The standard InChI is InChI=1S/C14H18N4O4/c1-6-8(5-19)10(20)14(2,22)9(6)18-4-3-7-11(18)16-13(15)17-12(7)21/h3-4,8-10,19-20,22H,1,5H2,2H3,(H3,15,16,17,21). The van der Waals surface area contributed by atoms with Gasteiger partial charge in [-0.1, -0.05) is 6.58 Å². The smallest absolute Gasteiger partial charge is 0.261 e. The van der Waals surface area contributed by atoms with Crippen molar-refractivity contribution >= 4 is 17.0 Å². The van der Waals surface area contributed by atoms with Crippen LogP contribution >= 0.6 is 0 Å². The highest BCUT2D eigenvalue weighted by Crippen LogP contribution is 2.47. The minimum absolute atomic E-state index is 0.0417. The first-order valence-electron chi connectivity index (χ1n) is 6.85. The summed E-state index contributed by atoms with van der Waals surface area (Å²) in [5, 5.41) is 30.7. The molecule has 6 N–H and O–H groups in total. The Balaban J connectivity index is 2.23. The third-order valence-corrected chi connectivity index (χ3v) is 4.44. The van der Waals surface area contributed by atoms with E-state index in [4.69, 9.17) is 5.73 Å². The Morgan fingerprint density at radius 2 is 2.27 bits per heavy atom. The molecular formula is C14H18N4O4. The molecule has 3 rings (SSSR count). The maximum atomic E-state index is 11.9. The van der Waals surface area contributed by atoms with Gasteiger partial charge in [-0.15, -0.1) is 0 Å². The van der Waals surface area contributed by atoms with Crippen LogP contribution in [-0.2, 0) is 0 Å². The average molecular weight is 306 g/mol. The van der Waals surface area contributed by atoms with Crippen molar-refractivity contribution in [2.24, 2.45) is 5.92 Å². The van der Waals surface area contributed by atoms with Crippen molar-refractivity contribution in [3.63, 3.8) is 0 Å². The van der Waals surface area contributed by atoms with Crippen LogP contribution in [0.25, 0.3) is 11.0 Å². The predicted octanol–water partition coefficient (Wildman–Crippen LogP) is -0.862. The minimum atomic E-state index is -1.56. The van der Waals surface area contributed by atoms with Gasteiger partial charge in [0.15, 0.2) is 0 Å². The van der Waals surface area contributed by atoms with Crippen LogP contribution in [0.3, 0.4) is 0 Å². The Hall–Kier alpha value is -2.16. The highest BCUT2D eigenvalue weighted by molar-refractivity contribution is 5.76. The summed E-state index contributed by atoms with van der Waals surface area (Å²) in [6, 6.07) is 0.827. The van der Waals surface area contributed by atoms with Crippen LogP contribution in [0.2, 0.25) is 0 Å². The number of aromatic amines is 1. The summed E-state index contributed by atoms with van der Waals surface area (Å²) in [7, 11) is 0. The van der Waals surface area contributed by atoms with E-state index in [1.54, 1.807) is 16.8 Å². The number of aliphatic hydroxyl groups excluding tert-OH is 2. The zero-order chi connectivity index (χ0) is 16.2. The Kier molecular flexibility index (Phi) is 3.13. The molecule has 1 fully saturated rings. The molecule has 0 saturated heterocycles. The molecule has 8 nitrogen and oxygen atoms in total. The Labute approximate surface area is 125 Å². The van der Waals surface area contributed by atoms with Gasteiger partial charge in [-0.3, -0.25) is 9.78 Å². The van der Waals surface area contributed by atoms with Crippen molar-refractivity contribution in [3.8, 4) is 0 Å². The molecule has 0 aliphatic heterocycles. The second-order valence-electron chi connectivity index (χ2n) is 5.85. The second-order valence-corrected chi connectivity index (χ2v) is 5.85. The third-order valence-electron chi connectivity index (χ3n) is 4.44. The minimum Gasteiger partial charge on any atom is -0.396 e. The molecule has 4 unspecified atom stereocenters. The highest BCUT2D eigenvalue weighted by Gasteiger charge is 2.54. The molecule has 0 aromatic carbocycles. The van der Waals surface area contributed by atoms with Crippen LogP contribution in [0.15, 0.2) is 29.2 Å². The van der Waals surface area contributed by atoms with Crippen LogP contribution in [0.4, 0.5) is 5.95 Å². The van der Waals surface area contributed by atoms with Gasteiger partial charge in [0.1, 0.15) is 11.2 Å².